The highest BCUT2D eigenvalue weighted by Crippen LogP contribution is 2.12. The summed E-state index contributed by atoms with van der Waals surface area (Å²) >= 11 is 2.20. The lowest BCUT2D eigenvalue weighted by Gasteiger charge is -2.07. The van der Waals surface area contributed by atoms with Crippen molar-refractivity contribution in [3.63, 3.8) is 0 Å². The molecule has 5 heteroatoms. The maximum Gasteiger partial charge on any atom is 0.240 e. The molecular weight excluding hydrogens is 373 g/mol. The predicted octanol–water partition coefficient (Wildman–Crippen LogP) is 3.08. The number of sulfonamides is 1. The molecule has 0 aromatic heterocycles. The zero-order chi connectivity index (χ0) is 13.9. The lowest BCUT2D eigenvalue weighted by molar-refractivity contribution is 0.581. The Kier molecular flexibility index (Phi) is 4.59. The van der Waals surface area contributed by atoms with E-state index in [0.717, 1.165) is 14.7 Å². The molecule has 0 amide bonds. The smallest absolute Gasteiger partial charge is 0.207 e. The molecule has 2 rings (SSSR count). The minimum Gasteiger partial charge on any atom is -0.207 e. The van der Waals surface area contributed by atoms with Crippen LogP contribution in [-0.4, -0.2) is 8.42 Å². The number of hydrogen-bond donors (Lipinski definition) is 1. The van der Waals surface area contributed by atoms with Crippen molar-refractivity contribution in [1.29, 1.82) is 0 Å². The number of rotatable bonds is 4. The third kappa shape index (κ3) is 4.02. The van der Waals surface area contributed by atoms with Crippen molar-refractivity contribution in [1.82, 2.24) is 4.72 Å². The van der Waals surface area contributed by atoms with Gasteiger partial charge >= 0.3 is 0 Å². The van der Waals surface area contributed by atoms with Gasteiger partial charge in [-0.05, 0) is 64.9 Å². The Morgan fingerprint density at radius 1 is 1.11 bits per heavy atom. The number of hydrogen-bond acceptors (Lipinski definition) is 2. The molecule has 0 fully saturated rings. The van der Waals surface area contributed by atoms with Gasteiger partial charge in [0.15, 0.2) is 0 Å². The van der Waals surface area contributed by atoms with Gasteiger partial charge in [0.1, 0.15) is 0 Å². The van der Waals surface area contributed by atoms with E-state index in [1.165, 1.54) is 0 Å². The summed E-state index contributed by atoms with van der Waals surface area (Å²) in [6, 6.07) is 14.6. The molecule has 0 unspecified atom stereocenters. The molecule has 3 nitrogen and oxygen atoms in total. The Hall–Kier alpha value is -0.920. The van der Waals surface area contributed by atoms with Crippen LogP contribution in [0.5, 0.6) is 0 Å². The van der Waals surface area contributed by atoms with Crippen LogP contribution in [-0.2, 0) is 16.6 Å². The summed E-state index contributed by atoms with van der Waals surface area (Å²) in [6.07, 6.45) is 0. The lowest BCUT2D eigenvalue weighted by atomic mass is 10.2. The Bertz CT molecular complexity index is 683. The van der Waals surface area contributed by atoms with Gasteiger partial charge in [-0.3, -0.25) is 0 Å². The molecule has 0 aliphatic carbocycles. The first-order valence-electron chi connectivity index (χ1n) is 5.78. The Labute approximate surface area is 127 Å². The molecule has 0 saturated carbocycles. The Balaban J connectivity index is 2.14. The molecular formula is C14H14INO2S. The number of aryl methyl sites for hydroxylation is 1. The van der Waals surface area contributed by atoms with Crippen molar-refractivity contribution in [2.24, 2.45) is 0 Å². The standard InChI is InChI=1S/C14H14INO2S/c1-11-4-2-7-14(8-11)19(17,18)16-10-12-5-3-6-13(15)9-12/h2-9,16H,10H2,1H3. The molecule has 0 atom stereocenters. The van der Waals surface area contributed by atoms with E-state index in [2.05, 4.69) is 27.3 Å². The second-order valence-corrected chi connectivity index (χ2v) is 7.28. The molecule has 1 N–H and O–H groups in total. The minimum absolute atomic E-state index is 0.299. The molecule has 0 radical (unpaired) electrons. The van der Waals surface area contributed by atoms with Crippen molar-refractivity contribution >= 4 is 32.6 Å². The molecule has 19 heavy (non-hydrogen) atoms. The van der Waals surface area contributed by atoms with Gasteiger partial charge in [-0.25, -0.2) is 13.1 Å². The largest absolute Gasteiger partial charge is 0.240 e. The highest BCUT2D eigenvalue weighted by Gasteiger charge is 2.13. The summed E-state index contributed by atoms with van der Waals surface area (Å²) in [7, 11) is -3.45. The van der Waals surface area contributed by atoms with Crippen LogP contribution in [0.3, 0.4) is 0 Å². The van der Waals surface area contributed by atoms with Crippen LogP contribution in [0.2, 0.25) is 0 Å². The van der Waals surface area contributed by atoms with E-state index in [9.17, 15) is 8.42 Å². The highest BCUT2D eigenvalue weighted by atomic mass is 127. The van der Waals surface area contributed by atoms with Gasteiger partial charge in [-0.15, -0.1) is 0 Å². The van der Waals surface area contributed by atoms with Gasteiger partial charge in [0.25, 0.3) is 0 Å². The summed E-state index contributed by atoms with van der Waals surface area (Å²) in [6.45, 7) is 2.17. The second-order valence-electron chi connectivity index (χ2n) is 4.27. The van der Waals surface area contributed by atoms with Crippen molar-refractivity contribution < 1.29 is 8.42 Å². The molecule has 0 heterocycles. The van der Waals surface area contributed by atoms with Gasteiger partial charge < -0.3 is 0 Å². The molecule has 0 saturated heterocycles. The van der Waals surface area contributed by atoms with Crippen LogP contribution in [0.15, 0.2) is 53.4 Å². The number of halogens is 1. The van der Waals surface area contributed by atoms with Crippen LogP contribution >= 0.6 is 22.6 Å². The van der Waals surface area contributed by atoms with E-state index < -0.39 is 10.0 Å². The normalized spacial score (nSPS) is 11.5. The van der Waals surface area contributed by atoms with Crippen molar-refractivity contribution in [3.05, 3.63) is 63.2 Å². The fourth-order valence-electron chi connectivity index (χ4n) is 1.69. The fraction of sp³-hybridized carbons (Fsp3) is 0.143. The highest BCUT2D eigenvalue weighted by molar-refractivity contribution is 14.1. The van der Waals surface area contributed by atoms with Crippen LogP contribution in [0, 0.1) is 10.5 Å². The summed E-state index contributed by atoms with van der Waals surface area (Å²) in [5.41, 5.74) is 1.88. The first-order chi connectivity index (χ1) is 8.97. The first-order valence-corrected chi connectivity index (χ1v) is 8.34. The minimum atomic E-state index is -3.45. The third-order valence-electron chi connectivity index (χ3n) is 2.66. The average Bonchev–Trinajstić information content (AvgIpc) is 2.37. The third-order valence-corrected chi connectivity index (χ3v) is 4.73. The maximum atomic E-state index is 12.1. The fourth-order valence-corrected chi connectivity index (χ4v) is 3.42. The lowest BCUT2D eigenvalue weighted by Crippen LogP contribution is -2.23. The van der Waals surface area contributed by atoms with Crippen molar-refractivity contribution in [3.8, 4) is 0 Å². The molecule has 0 aliphatic heterocycles. The molecule has 0 spiro atoms. The molecule has 2 aromatic carbocycles. The van der Waals surface area contributed by atoms with E-state index in [4.69, 9.17) is 0 Å². The van der Waals surface area contributed by atoms with Gasteiger partial charge in [0.05, 0.1) is 4.90 Å². The number of benzene rings is 2. The molecule has 0 bridgehead atoms. The van der Waals surface area contributed by atoms with E-state index in [1.807, 2.05) is 37.3 Å². The zero-order valence-electron chi connectivity index (χ0n) is 10.4. The summed E-state index contributed by atoms with van der Waals surface area (Å²) < 4.78 is 28.0. The molecule has 2 aromatic rings. The topological polar surface area (TPSA) is 46.2 Å². The second kappa shape index (κ2) is 6.02. The van der Waals surface area contributed by atoms with Gasteiger partial charge in [-0.2, -0.15) is 0 Å². The average molecular weight is 387 g/mol. The van der Waals surface area contributed by atoms with Crippen LogP contribution < -0.4 is 4.72 Å². The van der Waals surface area contributed by atoms with Crippen molar-refractivity contribution in [2.75, 3.05) is 0 Å². The zero-order valence-corrected chi connectivity index (χ0v) is 13.4. The van der Waals surface area contributed by atoms with Gasteiger partial charge in [-0.1, -0.05) is 24.3 Å². The summed E-state index contributed by atoms with van der Waals surface area (Å²) in [4.78, 5) is 0.304. The van der Waals surface area contributed by atoms with Crippen LogP contribution in [0.25, 0.3) is 0 Å². The molecule has 0 aliphatic rings. The SMILES string of the molecule is Cc1cccc(S(=O)(=O)NCc2cccc(I)c2)c1. The number of nitrogens with one attached hydrogen (secondary N) is 1. The van der Waals surface area contributed by atoms with Crippen molar-refractivity contribution in [2.45, 2.75) is 18.4 Å². The Morgan fingerprint density at radius 3 is 2.53 bits per heavy atom. The molecule has 100 valence electrons. The van der Waals surface area contributed by atoms with Gasteiger partial charge in [0, 0.05) is 10.1 Å². The van der Waals surface area contributed by atoms with Gasteiger partial charge in [0.2, 0.25) is 10.0 Å². The van der Waals surface area contributed by atoms with E-state index >= 15 is 0 Å². The first kappa shape index (κ1) is 14.5. The van der Waals surface area contributed by atoms with Crippen LogP contribution in [0.4, 0.5) is 0 Å². The summed E-state index contributed by atoms with van der Waals surface area (Å²) in [5, 5.41) is 0. The van der Waals surface area contributed by atoms with E-state index in [-0.39, 0.29) is 0 Å². The predicted molar refractivity (Wildman–Crippen MR) is 84.4 cm³/mol. The summed E-state index contributed by atoms with van der Waals surface area (Å²) in [5.74, 6) is 0. The van der Waals surface area contributed by atoms with E-state index in [0.29, 0.717) is 11.4 Å². The monoisotopic (exact) mass is 387 g/mol. The van der Waals surface area contributed by atoms with Crippen LogP contribution in [0.1, 0.15) is 11.1 Å². The van der Waals surface area contributed by atoms with E-state index in [1.54, 1.807) is 18.2 Å². The maximum absolute atomic E-state index is 12.1. The quantitative estimate of drug-likeness (QED) is 0.820. The Morgan fingerprint density at radius 2 is 1.84 bits per heavy atom.